The topological polar surface area (TPSA) is 0 Å². The molecule has 0 aromatic rings. The van der Waals surface area contributed by atoms with E-state index in [9.17, 15) is 0 Å². The Hall–Kier alpha value is 0. The Morgan fingerprint density at radius 1 is 1.07 bits per heavy atom. The largest absolute Gasteiger partial charge is 0.0654 e. The summed E-state index contributed by atoms with van der Waals surface area (Å²) in [6.07, 6.45) is 11.5. The van der Waals surface area contributed by atoms with Crippen molar-refractivity contribution < 1.29 is 0 Å². The molecule has 0 N–H and O–H groups in total. The molecule has 1 rings (SSSR count). The highest BCUT2D eigenvalue weighted by atomic mass is 14.5. The SMILES string of the molecule is CCCCC(C)(C)C1(C)CCCCC1. The lowest BCUT2D eigenvalue weighted by atomic mass is 9.58. The van der Waals surface area contributed by atoms with E-state index in [1.165, 1.54) is 51.4 Å². The van der Waals surface area contributed by atoms with Gasteiger partial charge in [0.2, 0.25) is 0 Å². The van der Waals surface area contributed by atoms with E-state index in [1.54, 1.807) is 0 Å². The van der Waals surface area contributed by atoms with Crippen molar-refractivity contribution in [3.05, 3.63) is 0 Å². The van der Waals surface area contributed by atoms with Crippen molar-refractivity contribution in [2.75, 3.05) is 0 Å². The summed E-state index contributed by atoms with van der Waals surface area (Å²) >= 11 is 0. The molecule has 0 saturated heterocycles. The number of hydrogen-bond acceptors (Lipinski definition) is 0. The Bertz CT molecular complexity index is 161. The molecule has 0 nitrogen and oxygen atoms in total. The van der Waals surface area contributed by atoms with Gasteiger partial charge in [0, 0.05) is 0 Å². The lowest BCUT2D eigenvalue weighted by molar-refractivity contribution is 0.0344. The van der Waals surface area contributed by atoms with Crippen LogP contribution in [-0.4, -0.2) is 0 Å². The molecular formula is C14H28. The number of hydrogen-bond donors (Lipinski definition) is 0. The Morgan fingerprint density at radius 3 is 2.14 bits per heavy atom. The molecule has 0 amide bonds. The standard InChI is InChI=1S/C14H28/c1-5-6-10-13(2,3)14(4)11-8-7-9-12-14/h5-12H2,1-4H3. The van der Waals surface area contributed by atoms with Crippen LogP contribution in [0, 0.1) is 10.8 Å². The van der Waals surface area contributed by atoms with Gasteiger partial charge in [0.1, 0.15) is 0 Å². The lowest BCUT2D eigenvalue weighted by Crippen LogP contribution is -2.37. The first-order valence-corrected chi connectivity index (χ1v) is 6.52. The van der Waals surface area contributed by atoms with Gasteiger partial charge in [-0.15, -0.1) is 0 Å². The van der Waals surface area contributed by atoms with E-state index in [-0.39, 0.29) is 0 Å². The molecule has 84 valence electrons. The van der Waals surface area contributed by atoms with Crippen LogP contribution in [0.15, 0.2) is 0 Å². The van der Waals surface area contributed by atoms with E-state index in [1.807, 2.05) is 0 Å². The fraction of sp³-hybridized carbons (Fsp3) is 1.00. The van der Waals surface area contributed by atoms with Crippen molar-refractivity contribution in [3.8, 4) is 0 Å². The van der Waals surface area contributed by atoms with Gasteiger partial charge in [0.15, 0.2) is 0 Å². The van der Waals surface area contributed by atoms with Gasteiger partial charge < -0.3 is 0 Å². The summed E-state index contributed by atoms with van der Waals surface area (Å²) in [5.41, 5.74) is 1.18. The van der Waals surface area contributed by atoms with Crippen LogP contribution in [0.25, 0.3) is 0 Å². The van der Waals surface area contributed by atoms with E-state index < -0.39 is 0 Å². The zero-order valence-electron chi connectivity index (χ0n) is 10.7. The van der Waals surface area contributed by atoms with Crippen molar-refractivity contribution >= 4 is 0 Å². The second kappa shape index (κ2) is 4.68. The molecular weight excluding hydrogens is 168 g/mol. The molecule has 1 aliphatic rings. The predicted molar refractivity (Wildman–Crippen MR) is 64.5 cm³/mol. The Balaban J connectivity index is 2.57. The molecule has 0 unspecified atom stereocenters. The zero-order chi connectivity index (χ0) is 10.7. The van der Waals surface area contributed by atoms with E-state index in [2.05, 4.69) is 27.7 Å². The van der Waals surface area contributed by atoms with Crippen LogP contribution < -0.4 is 0 Å². The number of unbranched alkanes of at least 4 members (excludes halogenated alkanes) is 1. The molecule has 0 aliphatic heterocycles. The van der Waals surface area contributed by atoms with Crippen molar-refractivity contribution in [3.63, 3.8) is 0 Å². The summed E-state index contributed by atoms with van der Waals surface area (Å²) in [5, 5.41) is 0. The van der Waals surface area contributed by atoms with Crippen LogP contribution in [-0.2, 0) is 0 Å². The molecule has 0 radical (unpaired) electrons. The molecule has 1 fully saturated rings. The Kier molecular flexibility index (Phi) is 4.04. The molecule has 0 heteroatoms. The molecule has 0 atom stereocenters. The molecule has 0 aromatic carbocycles. The fourth-order valence-electron chi connectivity index (χ4n) is 2.93. The lowest BCUT2D eigenvalue weighted by Gasteiger charge is -2.47. The fourth-order valence-corrected chi connectivity index (χ4v) is 2.93. The smallest absolute Gasteiger partial charge is 0.0275 e. The molecule has 0 spiro atoms. The maximum absolute atomic E-state index is 2.53. The minimum Gasteiger partial charge on any atom is -0.0654 e. The summed E-state index contributed by atoms with van der Waals surface area (Å²) in [7, 11) is 0. The highest BCUT2D eigenvalue weighted by Gasteiger charge is 2.40. The van der Waals surface area contributed by atoms with Crippen LogP contribution in [0.2, 0.25) is 0 Å². The predicted octanol–water partition coefficient (Wildman–Crippen LogP) is 5.17. The first kappa shape index (κ1) is 12.1. The summed E-state index contributed by atoms with van der Waals surface area (Å²) in [6, 6.07) is 0. The normalized spacial score (nSPS) is 22.3. The highest BCUT2D eigenvalue weighted by molar-refractivity contribution is 4.91. The van der Waals surface area contributed by atoms with Crippen LogP contribution in [0.4, 0.5) is 0 Å². The third-order valence-electron chi connectivity index (χ3n) is 4.75. The van der Waals surface area contributed by atoms with E-state index in [0.29, 0.717) is 10.8 Å². The maximum atomic E-state index is 2.53. The Morgan fingerprint density at radius 2 is 1.64 bits per heavy atom. The van der Waals surface area contributed by atoms with Crippen LogP contribution in [0.5, 0.6) is 0 Å². The van der Waals surface area contributed by atoms with Crippen molar-refractivity contribution in [1.82, 2.24) is 0 Å². The van der Waals surface area contributed by atoms with Crippen LogP contribution in [0.3, 0.4) is 0 Å². The zero-order valence-corrected chi connectivity index (χ0v) is 10.7. The van der Waals surface area contributed by atoms with Gasteiger partial charge in [-0.25, -0.2) is 0 Å². The molecule has 0 heterocycles. The van der Waals surface area contributed by atoms with Gasteiger partial charge in [0.25, 0.3) is 0 Å². The number of rotatable bonds is 4. The van der Waals surface area contributed by atoms with Gasteiger partial charge in [-0.2, -0.15) is 0 Å². The summed E-state index contributed by atoms with van der Waals surface area (Å²) < 4.78 is 0. The van der Waals surface area contributed by atoms with Gasteiger partial charge in [-0.3, -0.25) is 0 Å². The van der Waals surface area contributed by atoms with Gasteiger partial charge >= 0.3 is 0 Å². The van der Waals surface area contributed by atoms with Crippen LogP contribution in [0.1, 0.15) is 79.1 Å². The average molecular weight is 196 g/mol. The molecule has 1 saturated carbocycles. The van der Waals surface area contributed by atoms with Crippen molar-refractivity contribution in [2.45, 2.75) is 79.1 Å². The monoisotopic (exact) mass is 196 g/mol. The van der Waals surface area contributed by atoms with E-state index in [4.69, 9.17) is 0 Å². The van der Waals surface area contributed by atoms with Gasteiger partial charge in [0.05, 0.1) is 0 Å². The third kappa shape index (κ3) is 2.52. The highest BCUT2D eigenvalue weighted by Crippen LogP contribution is 2.51. The first-order chi connectivity index (χ1) is 6.52. The second-order valence-electron chi connectivity index (χ2n) is 6.11. The molecule has 0 bridgehead atoms. The second-order valence-corrected chi connectivity index (χ2v) is 6.11. The molecule has 14 heavy (non-hydrogen) atoms. The molecule has 0 aromatic heterocycles. The van der Waals surface area contributed by atoms with Crippen molar-refractivity contribution in [2.24, 2.45) is 10.8 Å². The van der Waals surface area contributed by atoms with E-state index in [0.717, 1.165) is 0 Å². The van der Waals surface area contributed by atoms with Gasteiger partial charge in [-0.05, 0) is 30.1 Å². The third-order valence-corrected chi connectivity index (χ3v) is 4.75. The summed E-state index contributed by atoms with van der Waals surface area (Å²) in [4.78, 5) is 0. The van der Waals surface area contributed by atoms with Crippen LogP contribution >= 0.6 is 0 Å². The summed E-state index contributed by atoms with van der Waals surface area (Å²) in [5.74, 6) is 0. The minimum atomic E-state index is 0.559. The Labute approximate surface area is 90.5 Å². The minimum absolute atomic E-state index is 0.559. The first-order valence-electron chi connectivity index (χ1n) is 6.52. The van der Waals surface area contributed by atoms with Crippen molar-refractivity contribution in [1.29, 1.82) is 0 Å². The molecule has 1 aliphatic carbocycles. The average Bonchev–Trinajstić information content (AvgIpc) is 2.16. The maximum Gasteiger partial charge on any atom is -0.0275 e. The summed E-state index contributed by atoms with van der Waals surface area (Å²) in [6.45, 7) is 9.82. The van der Waals surface area contributed by atoms with Gasteiger partial charge in [-0.1, -0.05) is 59.8 Å². The quantitative estimate of drug-likeness (QED) is 0.581. The van der Waals surface area contributed by atoms with E-state index >= 15 is 0 Å².